The number of anilines is 1. The van der Waals surface area contributed by atoms with Crippen LogP contribution in [0.1, 0.15) is 24.5 Å². The van der Waals surface area contributed by atoms with Crippen LogP contribution in [0.3, 0.4) is 0 Å². The molecule has 0 saturated carbocycles. The number of fused-ring (bicyclic) bond motifs is 3. The zero-order valence-corrected chi connectivity index (χ0v) is 12.2. The Bertz CT molecular complexity index is 581. The van der Waals surface area contributed by atoms with E-state index < -0.39 is 0 Å². The molecule has 0 aliphatic heterocycles. The summed E-state index contributed by atoms with van der Waals surface area (Å²) in [5.41, 5.74) is 7.18. The van der Waals surface area contributed by atoms with Crippen LogP contribution >= 0.6 is 0 Å². The van der Waals surface area contributed by atoms with Crippen molar-refractivity contribution in [1.29, 1.82) is 0 Å². The summed E-state index contributed by atoms with van der Waals surface area (Å²) in [6.45, 7) is 2.26. The van der Waals surface area contributed by atoms with Crippen molar-refractivity contribution in [2.75, 3.05) is 26.0 Å². The highest BCUT2D eigenvalue weighted by Crippen LogP contribution is 2.42. The summed E-state index contributed by atoms with van der Waals surface area (Å²) < 4.78 is 0. The van der Waals surface area contributed by atoms with E-state index in [1.54, 1.807) is 0 Å². The molecule has 0 amide bonds. The molecule has 1 atom stereocenters. The Labute approximate surface area is 115 Å². The molecule has 0 aromatic heterocycles. The lowest BCUT2D eigenvalue weighted by molar-refractivity contribution is 0.481. The molecule has 0 bridgehead atoms. The highest BCUT2D eigenvalue weighted by molar-refractivity contribution is 5.88. The summed E-state index contributed by atoms with van der Waals surface area (Å²) >= 11 is 0. The topological polar surface area (TPSA) is 15.3 Å². The van der Waals surface area contributed by atoms with Gasteiger partial charge in [0, 0.05) is 25.3 Å². The van der Waals surface area contributed by atoms with Crippen molar-refractivity contribution in [3.8, 4) is 0 Å². The second kappa shape index (κ2) is 4.24. The highest BCUT2D eigenvalue weighted by Gasteiger charge is 2.30. The maximum absolute atomic E-state index is 3.43. The van der Waals surface area contributed by atoms with Crippen molar-refractivity contribution < 1.29 is 0 Å². The zero-order chi connectivity index (χ0) is 13.6. The van der Waals surface area contributed by atoms with Gasteiger partial charge in [0.1, 0.15) is 0 Å². The van der Waals surface area contributed by atoms with E-state index in [-0.39, 0.29) is 5.54 Å². The lowest BCUT2D eigenvalue weighted by atomic mass is 9.86. The fraction of sp³-hybridized carbons (Fsp3) is 0.412. The van der Waals surface area contributed by atoms with Crippen LogP contribution in [0, 0.1) is 0 Å². The monoisotopic (exact) mass is 254 g/mol. The lowest BCUT2D eigenvalue weighted by Gasteiger charge is -2.29. The summed E-state index contributed by atoms with van der Waals surface area (Å²) in [7, 11) is 6.24. The first-order valence-electron chi connectivity index (χ1n) is 6.94. The van der Waals surface area contributed by atoms with Crippen molar-refractivity contribution in [2.45, 2.75) is 25.3 Å². The van der Waals surface area contributed by atoms with E-state index in [1.807, 2.05) is 7.05 Å². The fourth-order valence-electron chi connectivity index (χ4n) is 2.96. The molecular formula is C17H22N2. The lowest BCUT2D eigenvalue weighted by Crippen LogP contribution is -2.38. The van der Waals surface area contributed by atoms with Crippen LogP contribution in [0.4, 0.5) is 5.69 Å². The Morgan fingerprint density at radius 3 is 2.74 bits per heavy atom. The summed E-state index contributed by atoms with van der Waals surface area (Å²) in [6, 6.07) is 6.82. The summed E-state index contributed by atoms with van der Waals surface area (Å²) in [4.78, 5) is 2.17. The average molecular weight is 254 g/mol. The molecule has 2 aliphatic carbocycles. The number of likely N-dealkylation sites (N-methyl/N-ethyl adjacent to an activating group) is 1. The molecule has 0 saturated heterocycles. The molecule has 2 aliphatic rings. The number of allylic oxidation sites excluding steroid dienone is 2. The second-order valence-corrected chi connectivity index (χ2v) is 6.07. The molecule has 1 aromatic carbocycles. The predicted octanol–water partition coefficient (Wildman–Crippen LogP) is 3.00. The van der Waals surface area contributed by atoms with Crippen LogP contribution in [0.2, 0.25) is 0 Å². The maximum atomic E-state index is 3.43. The summed E-state index contributed by atoms with van der Waals surface area (Å²) in [5.74, 6) is 0. The maximum Gasteiger partial charge on any atom is 0.0377 e. The van der Waals surface area contributed by atoms with E-state index in [0.29, 0.717) is 0 Å². The van der Waals surface area contributed by atoms with Crippen LogP contribution < -0.4 is 10.2 Å². The third-order valence-electron chi connectivity index (χ3n) is 4.43. The minimum Gasteiger partial charge on any atom is -0.378 e. The van der Waals surface area contributed by atoms with Crippen molar-refractivity contribution >= 4 is 11.3 Å². The smallest absolute Gasteiger partial charge is 0.0377 e. The number of hydrogen-bond acceptors (Lipinski definition) is 2. The second-order valence-electron chi connectivity index (χ2n) is 6.07. The van der Waals surface area contributed by atoms with E-state index in [2.05, 4.69) is 61.6 Å². The number of rotatable bonds is 2. The van der Waals surface area contributed by atoms with Gasteiger partial charge >= 0.3 is 0 Å². The Kier molecular flexibility index (Phi) is 2.79. The van der Waals surface area contributed by atoms with E-state index in [9.17, 15) is 0 Å². The Hall–Kier alpha value is -1.54. The van der Waals surface area contributed by atoms with Gasteiger partial charge in [0.25, 0.3) is 0 Å². The zero-order valence-electron chi connectivity index (χ0n) is 12.2. The molecule has 2 nitrogen and oxygen atoms in total. The first-order valence-corrected chi connectivity index (χ1v) is 6.94. The largest absolute Gasteiger partial charge is 0.378 e. The van der Waals surface area contributed by atoms with Gasteiger partial charge in [-0.3, -0.25) is 0 Å². The van der Waals surface area contributed by atoms with Gasteiger partial charge in [-0.1, -0.05) is 18.2 Å². The van der Waals surface area contributed by atoms with E-state index in [4.69, 9.17) is 0 Å². The van der Waals surface area contributed by atoms with E-state index in [1.165, 1.54) is 28.0 Å². The Morgan fingerprint density at radius 2 is 2.05 bits per heavy atom. The van der Waals surface area contributed by atoms with Crippen LogP contribution in [0.15, 0.2) is 35.9 Å². The highest BCUT2D eigenvalue weighted by atomic mass is 15.1. The van der Waals surface area contributed by atoms with Crippen LogP contribution in [0.25, 0.3) is 5.57 Å². The van der Waals surface area contributed by atoms with Gasteiger partial charge in [-0.2, -0.15) is 0 Å². The molecule has 3 rings (SSSR count). The first-order chi connectivity index (χ1) is 9.02. The number of nitrogens with one attached hydrogen (secondary N) is 1. The summed E-state index contributed by atoms with van der Waals surface area (Å²) in [5, 5.41) is 3.43. The van der Waals surface area contributed by atoms with E-state index in [0.717, 1.165) is 12.8 Å². The average Bonchev–Trinajstić information content (AvgIpc) is 2.75. The molecule has 0 heterocycles. The van der Waals surface area contributed by atoms with Gasteiger partial charge in [0.15, 0.2) is 0 Å². The van der Waals surface area contributed by atoms with Crippen molar-refractivity contribution in [2.24, 2.45) is 0 Å². The first kappa shape index (κ1) is 12.5. The molecule has 19 heavy (non-hydrogen) atoms. The molecule has 2 heteroatoms. The molecule has 0 radical (unpaired) electrons. The molecule has 100 valence electrons. The molecule has 1 aromatic rings. The number of nitrogens with zero attached hydrogens (tertiary/aromatic N) is 1. The minimum absolute atomic E-state index is 0.0918. The normalized spacial score (nSPS) is 24.4. The third-order valence-corrected chi connectivity index (χ3v) is 4.43. The van der Waals surface area contributed by atoms with Crippen molar-refractivity contribution in [1.82, 2.24) is 5.32 Å². The molecule has 1 N–H and O–H groups in total. The molecule has 0 fully saturated rings. The molecule has 0 spiro atoms. The SMILES string of the molecule is CNC1(C)C=C2C(=CC1)Cc1ccc(N(C)C)cc12. The van der Waals surface area contributed by atoms with Crippen molar-refractivity contribution in [3.63, 3.8) is 0 Å². The Morgan fingerprint density at radius 1 is 1.26 bits per heavy atom. The van der Waals surface area contributed by atoms with Gasteiger partial charge in [0.2, 0.25) is 0 Å². The van der Waals surface area contributed by atoms with Gasteiger partial charge in [-0.25, -0.2) is 0 Å². The van der Waals surface area contributed by atoms with Gasteiger partial charge in [0.05, 0.1) is 0 Å². The van der Waals surface area contributed by atoms with E-state index >= 15 is 0 Å². The quantitative estimate of drug-likeness (QED) is 0.873. The molecule has 1 unspecified atom stereocenters. The third kappa shape index (κ3) is 2.00. The molecular weight excluding hydrogens is 232 g/mol. The minimum atomic E-state index is 0.0918. The standard InChI is InChI=1S/C17H22N2/c1-17(18-2)8-7-13-9-12-5-6-14(19(3)4)10-15(12)16(13)11-17/h5-7,10-11,18H,8-9H2,1-4H3. The summed E-state index contributed by atoms with van der Waals surface area (Å²) in [6.07, 6.45) is 6.99. The predicted molar refractivity (Wildman–Crippen MR) is 82.6 cm³/mol. The Balaban J connectivity index is 2.10. The van der Waals surface area contributed by atoms with Crippen LogP contribution in [-0.4, -0.2) is 26.7 Å². The van der Waals surface area contributed by atoms with Crippen LogP contribution in [-0.2, 0) is 6.42 Å². The van der Waals surface area contributed by atoms with Crippen molar-refractivity contribution in [3.05, 3.63) is 47.1 Å². The van der Waals surface area contributed by atoms with Gasteiger partial charge in [-0.05, 0) is 61.2 Å². The number of benzene rings is 1. The van der Waals surface area contributed by atoms with Gasteiger partial charge < -0.3 is 10.2 Å². The number of hydrogen-bond donors (Lipinski definition) is 1. The van der Waals surface area contributed by atoms with Crippen LogP contribution in [0.5, 0.6) is 0 Å². The fourth-order valence-corrected chi connectivity index (χ4v) is 2.96. The van der Waals surface area contributed by atoms with Gasteiger partial charge in [-0.15, -0.1) is 0 Å².